The molecule has 0 aliphatic carbocycles. The Bertz CT molecular complexity index is 1150. The molecule has 0 spiro atoms. The Balaban J connectivity index is 1.46. The van der Waals surface area contributed by atoms with Crippen LogP contribution < -0.4 is 14.8 Å². The molecule has 1 N–H and O–H groups in total. The average molecular weight is 492 g/mol. The summed E-state index contributed by atoms with van der Waals surface area (Å²) in [5.41, 5.74) is 1.86. The van der Waals surface area contributed by atoms with Gasteiger partial charge in [0, 0.05) is 24.8 Å². The Morgan fingerprint density at radius 2 is 1.86 bits per heavy atom. The topological polar surface area (TPSA) is 63.7 Å². The molecule has 2 aromatic carbocycles. The lowest BCUT2D eigenvalue weighted by molar-refractivity contribution is -0.122. The SMILES string of the molecule is CC1(C)CCCN(CC(=O)NCCc2ccc(F)cc2)Cc2cccnc2Oc2ccccc2OC1. The summed E-state index contributed by atoms with van der Waals surface area (Å²) in [5.74, 6) is 1.52. The third-order valence-electron chi connectivity index (χ3n) is 6.26. The lowest BCUT2D eigenvalue weighted by Crippen LogP contribution is -2.38. The molecule has 3 aromatic rings. The first-order valence-electron chi connectivity index (χ1n) is 12.5. The predicted octanol–water partition coefficient (Wildman–Crippen LogP) is 5.37. The highest BCUT2D eigenvalue weighted by Crippen LogP contribution is 2.34. The second-order valence-electron chi connectivity index (χ2n) is 10.0. The van der Waals surface area contributed by atoms with Gasteiger partial charge in [-0.25, -0.2) is 9.37 Å². The quantitative estimate of drug-likeness (QED) is 0.520. The van der Waals surface area contributed by atoms with Crippen molar-refractivity contribution in [3.05, 3.63) is 83.8 Å². The van der Waals surface area contributed by atoms with Gasteiger partial charge in [-0.3, -0.25) is 9.69 Å². The fourth-order valence-corrected chi connectivity index (χ4v) is 4.23. The van der Waals surface area contributed by atoms with Crippen molar-refractivity contribution >= 4 is 5.91 Å². The molecule has 1 aliphatic heterocycles. The number of amides is 1. The summed E-state index contributed by atoms with van der Waals surface area (Å²) in [6, 6.07) is 17.9. The molecule has 0 radical (unpaired) electrons. The molecule has 6 nitrogen and oxygen atoms in total. The maximum Gasteiger partial charge on any atom is 0.234 e. The largest absolute Gasteiger partial charge is 0.489 e. The number of carbonyl (C=O) groups excluding carboxylic acids is 1. The van der Waals surface area contributed by atoms with E-state index in [1.165, 1.54) is 12.1 Å². The van der Waals surface area contributed by atoms with Crippen molar-refractivity contribution in [1.29, 1.82) is 0 Å². The number of fused-ring (bicyclic) bond motifs is 2. The lowest BCUT2D eigenvalue weighted by Gasteiger charge is -2.27. The van der Waals surface area contributed by atoms with Gasteiger partial charge in [0.2, 0.25) is 11.8 Å². The molecule has 0 saturated heterocycles. The van der Waals surface area contributed by atoms with E-state index in [2.05, 4.69) is 29.0 Å². The van der Waals surface area contributed by atoms with E-state index in [-0.39, 0.29) is 23.7 Å². The molecular weight excluding hydrogens is 457 g/mol. The van der Waals surface area contributed by atoms with Crippen LogP contribution in [0.4, 0.5) is 4.39 Å². The molecule has 0 fully saturated rings. The van der Waals surface area contributed by atoms with Gasteiger partial charge in [0.05, 0.1) is 13.2 Å². The monoisotopic (exact) mass is 491 g/mol. The van der Waals surface area contributed by atoms with Gasteiger partial charge < -0.3 is 14.8 Å². The van der Waals surface area contributed by atoms with Crippen molar-refractivity contribution in [3.8, 4) is 17.4 Å². The Kier molecular flexibility index (Phi) is 8.54. The lowest BCUT2D eigenvalue weighted by atomic mass is 9.88. The standard InChI is InChI=1S/C29H34FN3O3/c1-29(2)15-6-18-33(20-27(34)31-17-14-22-10-12-24(30)13-11-22)19-23-7-5-16-32-28(23)36-26-9-4-3-8-25(26)35-21-29/h3-5,7-13,16H,6,14-15,17-21H2,1-2H3,(H,31,34). The average Bonchev–Trinajstić information content (AvgIpc) is 2.86. The Labute approximate surface area is 212 Å². The van der Waals surface area contributed by atoms with Crippen molar-refractivity contribution < 1.29 is 18.7 Å². The van der Waals surface area contributed by atoms with Crippen LogP contribution in [0.5, 0.6) is 17.4 Å². The fourth-order valence-electron chi connectivity index (χ4n) is 4.23. The van der Waals surface area contributed by atoms with E-state index in [9.17, 15) is 9.18 Å². The van der Waals surface area contributed by atoms with Crippen LogP contribution in [0.25, 0.3) is 0 Å². The van der Waals surface area contributed by atoms with Gasteiger partial charge in [0.1, 0.15) is 5.82 Å². The van der Waals surface area contributed by atoms with Crippen molar-refractivity contribution in [1.82, 2.24) is 15.2 Å². The first kappa shape index (κ1) is 25.6. The molecule has 2 heterocycles. The van der Waals surface area contributed by atoms with E-state index in [1.807, 2.05) is 36.4 Å². The molecule has 1 aliphatic rings. The second-order valence-corrected chi connectivity index (χ2v) is 10.0. The van der Waals surface area contributed by atoms with Crippen LogP contribution in [-0.2, 0) is 17.8 Å². The van der Waals surface area contributed by atoms with Crippen molar-refractivity contribution in [3.63, 3.8) is 0 Å². The highest BCUT2D eigenvalue weighted by Gasteiger charge is 2.23. The van der Waals surface area contributed by atoms with Gasteiger partial charge in [-0.05, 0) is 67.1 Å². The third kappa shape index (κ3) is 7.52. The molecule has 36 heavy (non-hydrogen) atoms. The first-order chi connectivity index (χ1) is 17.4. The smallest absolute Gasteiger partial charge is 0.234 e. The zero-order valence-electron chi connectivity index (χ0n) is 21.0. The van der Waals surface area contributed by atoms with Gasteiger partial charge in [0.15, 0.2) is 11.5 Å². The molecular formula is C29H34FN3O3. The van der Waals surface area contributed by atoms with E-state index < -0.39 is 0 Å². The highest BCUT2D eigenvalue weighted by atomic mass is 19.1. The van der Waals surface area contributed by atoms with Crippen LogP contribution in [0.15, 0.2) is 66.9 Å². The van der Waals surface area contributed by atoms with Crippen molar-refractivity contribution in [2.24, 2.45) is 5.41 Å². The van der Waals surface area contributed by atoms with Crippen LogP contribution >= 0.6 is 0 Å². The van der Waals surface area contributed by atoms with Crippen molar-refractivity contribution in [2.75, 3.05) is 26.2 Å². The van der Waals surface area contributed by atoms with Gasteiger partial charge >= 0.3 is 0 Å². The number of para-hydroxylation sites is 2. The van der Waals surface area contributed by atoms with E-state index in [0.717, 1.165) is 30.5 Å². The van der Waals surface area contributed by atoms with Crippen LogP contribution in [0.3, 0.4) is 0 Å². The normalized spacial score (nSPS) is 16.1. The number of benzene rings is 2. The maximum atomic E-state index is 13.1. The molecule has 1 aromatic heterocycles. The minimum atomic E-state index is -0.259. The Morgan fingerprint density at radius 1 is 1.08 bits per heavy atom. The molecule has 0 atom stereocenters. The molecule has 0 bridgehead atoms. The zero-order valence-corrected chi connectivity index (χ0v) is 21.0. The Morgan fingerprint density at radius 3 is 2.67 bits per heavy atom. The number of rotatable bonds is 5. The number of ether oxygens (including phenoxy) is 2. The number of nitrogens with one attached hydrogen (secondary N) is 1. The van der Waals surface area contributed by atoms with E-state index in [0.29, 0.717) is 43.5 Å². The molecule has 7 heteroatoms. The van der Waals surface area contributed by atoms with E-state index in [4.69, 9.17) is 9.47 Å². The number of hydrogen-bond acceptors (Lipinski definition) is 5. The van der Waals surface area contributed by atoms with Crippen LogP contribution in [0.2, 0.25) is 0 Å². The van der Waals surface area contributed by atoms with Gasteiger partial charge in [-0.1, -0.05) is 44.2 Å². The molecule has 0 unspecified atom stereocenters. The van der Waals surface area contributed by atoms with Gasteiger partial charge in [-0.2, -0.15) is 0 Å². The number of halogens is 1. The number of pyridine rings is 1. The van der Waals surface area contributed by atoms with Crippen LogP contribution in [-0.4, -0.2) is 42.0 Å². The molecule has 4 rings (SSSR count). The summed E-state index contributed by atoms with van der Waals surface area (Å²) in [4.78, 5) is 19.4. The van der Waals surface area contributed by atoms with E-state index >= 15 is 0 Å². The summed E-state index contributed by atoms with van der Waals surface area (Å²) in [5, 5.41) is 3.00. The van der Waals surface area contributed by atoms with E-state index in [1.54, 1.807) is 18.3 Å². The maximum absolute atomic E-state index is 13.1. The first-order valence-corrected chi connectivity index (χ1v) is 12.5. The van der Waals surface area contributed by atoms with Gasteiger partial charge in [-0.15, -0.1) is 0 Å². The Hall–Kier alpha value is -3.45. The second kappa shape index (κ2) is 12.0. The minimum Gasteiger partial charge on any atom is -0.489 e. The zero-order chi connectivity index (χ0) is 25.4. The summed E-state index contributed by atoms with van der Waals surface area (Å²) in [6.45, 7) is 7.02. The van der Waals surface area contributed by atoms with Crippen molar-refractivity contribution in [2.45, 2.75) is 39.7 Å². The summed E-state index contributed by atoms with van der Waals surface area (Å²) in [6.07, 6.45) is 4.24. The third-order valence-corrected chi connectivity index (χ3v) is 6.26. The fraction of sp³-hybridized carbons (Fsp3) is 0.379. The summed E-state index contributed by atoms with van der Waals surface area (Å²) >= 11 is 0. The van der Waals surface area contributed by atoms with Crippen LogP contribution in [0.1, 0.15) is 37.8 Å². The molecule has 190 valence electrons. The number of nitrogens with zero attached hydrogens (tertiary/aromatic N) is 2. The highest BCUT2D eigenvalue weighted by molar-refractivity contribution is 5.78. The van der Waals surface area contributed by atoms with Gasteiger partial charge in [0.25, 0.3) is 0 Å². The number of hydrogen-bond donors (Lipinski definition) is 1. The molecule has 0 saturated carbocycles. The summed E-state index contributed by atoms with van der Waals surface area (Å²) in [7, 11) is 0. The number of carbonyl (C=O) groups is 1. The number of aromatic nitrogens is 1. The summed E-state index contributed by atoms with van der Waals surface area (Å²) < 4.78 is 25.5. The molecule has 1 amide bonds. The predicted molar refractivity (Wildman–Crippen MR) is 138 cm³/mol. The minimum absolute atomic E-state index is 0.0324. The van der Waals surface area contributed by atoms with Crippen LogP contribution in [0, 0.1) is 11.2 Å².